The fourth-order valence-electron chi connectivity index (χ4n) is 9.97. The maximum Gasteiger partial charge on any atom is 0.246 e. The van der Waals surface area contributed by atoms with E-state index in [0.29, 0.717) is 51.0 Å². The number of hydrogen-bond acceptors (Lipinski definition) is 16. The van der Waals surface area contributed by atoms with Crippen LogP contribution < -0.4 is 25.6 Å². The minimum Gasteiger partial charge on any atom is -0.507 e. The summed E-state index contributed by atoms with van der Waals surface area (Å²) in [6.45, 7) is 11.4. The van der Waals surface area contributed by atoms with Gasteiger partial charge in [0, 0.05) is 82.2 Å². The first-order valence-electron chi connectivity index (χ1n) is 27.3. The molecule has 0 saturated carbocycles. The van der Waals surface area contributed by atoms with Crippen LogP contribution in [0.4, 0.5) is 5.82 Å². The average Bonchev–Trinajstić information content (AvgIpc) is 4.30. The van der Waals surface area contributed by atoms with Gasteiger partial charge >= 0.3 is 0 Å². The molecule has 0 aliphatic carbocycles. The van der Waals surface area contributed by atoms with Gasteiger partial charge in [-0.15, -0.1) is 11.3 Å². The molecule has 2 aromatic carbocycles. The lowest BCUT2D eigenvalue weighted by molar-refractivity contribution is -0.144. The number of aryl methyl sites for hydroxylation is 1. The molecule has 3 aliphatic heterocycles. The Morgan fingerprint density at radius 2 is 1.54 bits per heavy atom. The van der Waals surface area contributed by atoms with Crippen LogP contribution in [0.15, 0.2) is 84.6 Å². The van der Waals surface area contributed by atoms with Crippen molar-refractivity contribution in [3.8, 4) is 21.9 Å². The number of pyridine rings is 1. The second-order valence-corrected chi connectivity index (χ2v) is 22.1. The molecule has 19 nitrogen and oxygen atoms in total. The third-order valence-corrected chi connectivity index (χ3v) is 15.2. The van der Waals surface area contributed by atoms with Crippen molar-refractivity contribution in [1.29, 1.82) is 0 Å². The van der Waals surface area contributed by atoms with Crippen molar-refractivity contribution in [2.75, 3.05) is 77.3 Å². The van der Waals surface area contributed by atoms with E-state index in [0.717, 1.165) is 91.3 Å². The Labute approximate surface area is 462 Å². The highest BCUT2D eigenvalue weighted by Gasteiger charge is 2.45. The first kappa shape index (κ1) is 59.2. The highest BCUT2D eigenvalue weighted by Crippen LogP contribution is 2.35. The fraction of sp³-hybridized carbons (Fsp3) is 0.534. The maximum atomic E-state index is 13.9. The number of likely N-dealkylation sites (tertiary alicyclic amines) is 2. The van der Waals surface area contributed by atoms with Gasteiger partial charge in [0.25, 0.3) is 0 Å². The molecule has 4 amide bonds. The van der Waals surface area contributed by atoms with Gasteiger partial charge < -0.3 is 59.8 Å². The van der Waals surface area contributed by atoms with Crippen LogP contribution in [-0.2, 0) is 39.9 Å². The standard InChI is InChI=1S/C58H78N8O11S/c1-40-54(78-39-62-40)42-18-16-41(17-19-42)34-61-56(72)48-32-45(67)37-66(48)57(73)55(58(2,3)4)63-53(71)38-76-30-29-75-28-27-74-26-23-60-52(70)15-9-7-5-6-8-12-25-77-46-20-22-59-51(33-46)65-36-43-31-44(65)35-64(43)24-21-50(69)47-13-10-11-14-49(47)68/h10-11,13-14,16-22,24,33,39,43-45,48,55,67-68H,5-9,12,15,23,25-32,34-38H2,1-4H3,(H,60,70)(H,61,72)(H,63,71)/b24-21+/t43-,44-,45-,48+,55-/m1/s1. The molecule has 3 fully saturated rings. The van der Waals surface area contributed by atoms with Crippen LogP contribution in [0.5, 0.6) is 11.5 Å². The molecular weight excluding hydrogens is 1020 g/mol. The summed E-state index contributed by atoms with van der Waals surface area (Å²) in [6.07, 6.45) is 11.8. The zero-order chi connectivity index (χ0) is 55.4. The number of fused-ring (bicyclic) bond motifs is 2. The monoisotopic (exact) mass is 1090 g/mol. The number of β-amino-alcohol motifs (C(OH)–C–C–N with tert-alkyl or cyclic N) is 1. The molecule has 4 aromatic rings. The predicted molar refractivity (Wildman–Crippen MR) is 297 cm³/mol. The number of ether oxygens (including phenoxy) is 4. The van der Waals surface area contributed by atoms with Crippen LogP contribution in [0, 0.1) is 12.3 Å². The van der Waals surface area contributed by atoms with E-state index in [1.54, 1.807) is 41.8 Å². The fourth-order valence-corrected chi connectivity index (χ4v) is 10.8. The number of phenols is 1. The number of benzene rings is 2. The van der Waals surface area contributed by atoms with E-state index in [4.69, 9.17) is 18.9 Å². The SMILES string of the molecule is Cc1ncsc1-c1ccc(CNC(=O)[C@@H]2C[C@@H](O)CN2C(=O)[C@@H](NC(=O)COCCOCCOCCNC(=O)CCCCCCCCOc2ccnc(N3C[C@H]4C[C@@H]3CN4/C=C/C(=O)c3ccccc3O)c2)C(C)(C)C)cc1. The Balaban J connectivity index is 0.657. The number of ketones is 1. The third kappa shape index (κ3) is 17.5. The molecular formula is C58H78N8O11S. The molecule has 0 spiro atoms. The molecule has 2 bridgehead atoms. The molecule has 3 aliphatic rings. The number of allylic oxidation sites excluding steroid dienone is 1. The number of amides is 4. The first-order chi connectivity index (χ1) is 37.6. The Hall–Kier alpha value is -6.45. The normalized spacial score (nSPS) is 18.4. The Kier molecular flexibility index (Phi) is 22.4. The molecule has 78 heavy (non-hydrogen) atoms. The molecule has 0 radical (unpaired) electrons. The second kappa shape index (κ2) is 29.5. The molecule has 0 unspecified atom stereocenters. The van der Waals surface area contributed by atoms with Crippen molar-refractivity contribution in [1.82, 2.24) is 35.7 Å². The number of nitrogens with zero attached hydrogens (tertiary/aromatic N) is 5. The van der Waals surface area contributed by atoms with E-state index in [1.165, 1.54) is 11.0 Å². The number of rotatable bonds is 31. The number of piperazine rings is 1. The first-order valence-corrected chi connectivity index (χ1v) is 28.2. The van der Waals surface area contributed by atoms with Crippen molar-refractivity contribution in [2.24, 2.45) is 5.41 Å². The number of aromatic nitrogens is 2. The van der Waals surface area contributed by atoms with E-state index in [1.807, 2.05) is 75.8 Å². The van der Waals surface area contributed by atoms with Crippen molar-refractivity contribution >= 4 is 46.6 Å². The largest absolute Gasteiger partial charge is 0.507 e. The maximum absolute atomic E-state index is 13.9. The van der Waals surface area contributed by atoms with E-state index >= 15 is 0 Å². The van der Waals surface area contributed by atoms with Gasteiger partial charge in [-0.3, -0.25) is 24.0 Å². The van der Waals surface area contributed by atoms with Crippen LogP contribution in [0.3, 0.4) is 0 Å². The van der Waals surface area contributed by atoms with E-state index in [-0.39, 0.29) is 68.7 Å². The van der Waals surface area contributed by atoms with Gasteiger partial charge in [-0.25, -0.2) is 9.97 Å². The summed E-state index contributed by atoms with van der Waals surface area (Å²) in [6, 6.07) is 17.1. The zero-order valence-electron chi connectivity index (χ0n) is 45.5. The lowest BCUT2D eigenvalue weighted by Gasteiger charge is -2.35. The van der Waals surface area contributed by atoms with Crippen LogP contribution in [-0.4, -0.2) is 162 Å². The van der Waals surface area contributed by atoms with Gasteiger partial charge in [-0.1, -0.05) is 82.9 Å². The highest BCUT2D eigenvalue weighted by molar-refractivity contribution is 7.13. The number of unbranched alkanes of at least 4 members (excludes halogenated alkanes) is 5. The molecule has 20 heteroatoms. The van der Waals surface area contributed by atoms with Crippen molar-refractivity contribution in [3.05, 3.63) is 101 Å². The summed E-state index contributed by atoms with van der Waals surface area (Å²) >= 11 is 1.57. The number of carbonyl (C=O) groups is 5. The van der Waals surface area contributed by atoms with Gasteiger partial charge in [-0.2, -0.15) is 0 Å². The molecule has 422 valence electrons. The lowest BCUT2D eigenvalue weighted by Crippen LogP contribution is -2.58. The highest BCUT2D eigenvalue weighted by atomic mass is 32.1. The molecule has 5 N–H and O–H groups in total. The van der Waals surface area contributed by atoms with Crippen molar-refractivity contribution in [2.45, 2.75) is 122 Å². The van der Waals surface area contributed by atoms with E-state index < -0.39 is 35.4 Å². The molecule has 3 saturated heterocycles. The minimum atomic E-state index is -0.971. The van der Waals surface area contributed by atoms with Gasteiger partial charge in [0.05, 0.1) is 67.4 Å². The number of carbonyl (C=O) groups excluding carboxylic acids is 5. The number of thiazole rings is 1. The smallest absolute Gasteiger partial charge is 0.246 e. The number of aromatic hydroxyl groups is 1. The number of anilines is 1. The predicted octanol–water partition coefficient (Wildman–Crippen LogP) is 5.96. The Bertz CT molecular complexity index is 2630. The molecule has 5 heterocycles. The minimum absolute atomic E-state index is 0.00558. The number of phenolic OH excluding ortho intramolecular Hbond substituents is 1. The Morgan fingerprint density at radius 3 is 2.26 bits per heavy atom. The van der Waals surface area contributed by atoms with Crippen molar-refractivity contribution < 1.29 is 53.1 Å². The van der Waals surface area contributed by atoms with Gasteiger partial charge in [0.2, 0.25) is 23.6 Å². The van der Waals surface area contributed by atoms with Gasteiger partial charge in [0.1, 0.15) is 36.0 Å². The second-order valence-electron chi connectivity index (χ2n) is 21.2. The van der Waals surface area contributed by atoms with Crippen LogP contribution in [0.25, 0.3) is 10.4 Å². The average molecular weight is 1100 g/mol. The number of aliphatic hydroxyl groups is 1. The number of nitrogens with one attached hydrogen (secondary N) is 3. The molecule has 2 aromatic heterocycles. The van der Waals surface area contributed by atoms with Crippen LogP contribution in [0.1, 0.15) is 100 Å². The Morgan fingerprint density at radius 1 is 0.808 bits per heavy atom. The quantitative estimate of drug-likeness (QED) is 0.0222. The topological polar surface area (TPSA) is 234 Å². The van der Waals surface area contributed by atoms with Gasteiger partial charge in [0.15, 0.2) is 5.78 Å². The van der Waals surface area contributed by atoms with E-state index in [2.05, 4.69) is 35.7 Å². The van der Waals surface area contributed by atoms with E-state index in [9.17, 15) is 34.2 Å². The number of para-hydroxylation sites is 1. The summed E-state index contributed by atoms with van der Waals surface area (Å²) in [5, 5.41) is 29.2. The summed E-state index contributed by atoms with van der Waals surface area (Å²) in [7, 11) is 0. The number of hydrogen-bond donors (Lipinski definition) is 5. The third-order valence-electron chi connectivity index (χ3n) is 14.2. The number of aliphatic hydroxyl groups excluding tert-OH is 1. The molecule has 7 rings (SSSR count). The molecule has 5 atom stereocenters. The summed E-state index contributed by atoms with van der Waals surface area (Å²) in [5.41, 5.74) is 4.30. The lowest BCUT2D eigenvalue weighted by atomic mass is 9.85. The van der Waals surface area contributed by atoms with Gasteiger partial charge in [-0.05, 0) is 60.9 Å². The summed E-state index contributed by atoms with van der Waals surface area (Å²) < 4.78 is 22.8. The summed E-state index contributed by atoms with van der Waals surface area (Å²) in [5.74, 6) is 0.173. The van der Waals surface area contributed by atoms with Crippen molar-refractivity contribution in [3.63, 3.8) is 0 Å². The zero-order valence-corrected chi connectivity index (χ0v) is 46.3. The van der Waals surface area contributed by atoms with Crippen LogP contribution >= 0.6 is 11.3 Å². The van der Waals surface area contributed by atoms with Crippen LogP contribution in [0.2, 0.25) is 0 Å². The summed E-state index contributed by atoms with van der Waals surface area (Å²) in [4.78, 5) is 81.2.